The van der Waals surface area contributed by atoms with Crippen LogP contribution in [0.4, 0.5) is 0 Å². The van der Waals surface area contributed by atoms with Crippen LogP contribution < -0.4 is 5.32 Å². The Bertz CT molecular complexity index is 581. The zero-order valence-corrected chi connectivity index (χ0v) is 12.5. The highest BCUT2D eigenvalue weighted by Gasteiger charge is 2.27. The Kier molecular flexibility index (Phi) is 3.63. The minimum absolute atomic E-state index is 0.0498. The first-order chi connectivity index (χ1) is 8.36. The Morgan fingerprint density at radius 3 is 2.33 bits per heavy atom. The topological polar surface area (TPSA) is 25.2 Å². The van der Waals surface area contributed by atoms with E-state index in [1.54, 1.807) is 6.07 Å². The summed E-state index contributed by atoms with van der Waals surface area (Å²) in [7, 11) is 1.89. The lowest BCUT2D eigenvalue weighted by Crippen LogP contribution is -2.16. The molecular formula is C14H17Cl2NO. The number of hydrogen-bond acceptors (Lipinski definition) is 2. The molecule has 2 aromatic rings. The van der Waals surface area contributed by atoms with E-state index in [0.717, 1.165) is 16.7 Å². The fourth-order valence-corrected chi connectivity index (χ4v) is 2.70. The summed E-state index contributed by atoms with van der Waals surface area (Å²) in [6.07, 6.45) is 0. The maximum Gasteiger partial charge on any atom is 0.154 e. The fourth-order valence-electron chi connectivity index (χ4n) is 2.26. The van der Waals surface area contributed by atoms with Gasteiger partial charge in [-0.3, -0.25) is 0 Å². The molecule has 1 heterocycles. The van der Waals surface area contributed by atoms with Gasteiger partial charge in [-0.2, -0.15) is 0 Å². The molecule has 0 spiro atoms. The molecule has 1 aromatic carbocycles. The quantitative estimate of drug-likeness (QED) is 0.861. The molecule has 0 aliphatic heterocycles. The molecule has 2 nitrogen and oxygen atoms in total. The largest absolute Gasteiger partial charge is 0.458 e. The number of benzene rings is 1. The molecule has 0 amide bonds. The normalized spacial score (nSPS) is 12.3. The molecule has 1 N–H and O–H groups in total. The molecule has 0 fully saturated rings. The second kappa shape index (κ2) is 4.76. The highest BCUT2D eigenvalue weighted by atomic mass is 35.5. The minimum atomic E-state index is -0.0498. The second-order valence-electron chi connectivity index (χ2n) is 5.41. The second-order valence-corrected chi connectivity index (χ2v) is 6.23. The third-order valence-corrected chi connectivity index (χ3v) is 3.51. The fraction of sp³-hybridized carbons (Fsp3) is 0.429. The Hall–Kier alpha value is -0.700. The molecule has 1 aromatic heterocycles. The average Bonchev–Trinajstić information content (AvgIpc) is 2.64. The van der Waals surface area contributed by atoms with Gasteiger partial charge >= 0.3 is 0 Å². The van der Waals surface area contributed by atoms with Crippen molar-refractivity contribution in [2.75, 3.05) is 7.05 Å². The molecule has 0 aliphatic carbocycles. The lowest BCUT2D eigenvalue weighted by atomic mass is 9.84. The number of nitrogens with one attached hydrogen (secondary N) is 1. The summed E-state index contributed by atoms with van der Waals surface area (Å²) >= 11 is 12.5. The lowest BCUT2D eigenvalue weighted by molar-refractivity contribution is 0.495. The summed E-state index contributed by atoms with van der Waals surface area (Å²) in [6.45, 7) is 7.10. The molecule has 0 bridgehead atoms. The smallest absolute Gasteiger partial charge is 0.154 e. The molecule has 0 radical (unpaired) electrons. The molecule has 0 atom stereocenters. The van der Waals surface area contributed by atoms with Gasteiger partial charge in [0, 0.05) is 10.9 Å². The maximum atomic E-state index is 6.31. The van der Waals surface area contributed by atoms with Gasteiger partial charge < -0.3 is 9.73 Å². The molecule has 4 heteroatoms. The van der Waals surface area contributed by atoms with Crippen molar-refractivity contribution in [1.29, 1.82) is 0 Å². The summed E-state index contributed by atoms with van der Waals surface area (Å²) in [5, 5.41) is 5.33. The van der Waals surface area contributed by atoms with E-state index in [1.165, 1.54) is 0 Å². The van der Waals surface area contributed by atoms with Crippen LogP contribution in [0.25, 0.3) is 11.0 Å². The van der Waals surface area contributed by atoms with Crippen LogP contribution in [-0.2, 0) is 12.0 Å². The van der Waals surface area contributed by atoms with E-state index < -0.39 is 0 Å². The van der Waals surface area contributed by atoms with Gasteiger partial charge in [-0.1, -0.05) is 44.0 Å². The monoisotopic (exact) mass is 285 g/mol. The van der Waals surface area contributed by atoms with Gasteiger partial charge in [0.25, 0.3) is 0 Å². The first kappa shape index (κ1) is 13.7. The Morgan fingerprint density at radius 1 is 1.17 bits per heavy atom. The number of rotatable bonds is 2. The number of halogens is 2. The summed E-state index contributed by atoms with van der Waals surface area (Å²) in [5.41, 5.74) is 1.75. The van der Waals surface area contributed by atoms with Crippen molar-refractivity contribution in [3.05, 3.63) is 33.5 Å². The van der Waals surface area contributed by atoms with E-state index in [1.807, 2.05) is 13.1 Å². The van der Waals surface area contributed by atoms with Gasteiger partial charge in [-0.25, -0.2) is 0 Å². The molecule has 2 rings (SSSR count). The summed E-state index contributed by atoms with van der Waals surface area (Å²) in [6, 6.07) is 3.59. The zero-order chi connectivity index (χ0) is 13.5. The predicted molar refractivity (Wildman–Crippen MR) is 77.7 cm³/mol. The Labute approximate surface area is 117 Å². The maximum absolute atomic E-state index is 6.31. The van der Waals surface area contributed by atoms with Crippen molar-refractivity contribution in [2.24, 2.45) is 0 Å². The molecule has 0 saturated carbocycles. The summed E-state index contributed by atoms with van der Waals surface area (Å²) in [5.74, 6) is 0.898. The highest BCUT2D eigenvalue weighted by molar-refractivity contribution is 6.40. The van der Waals surface area contributed by atoms with E-state index >= 15 is 0 Å². The Balaban J connectivity index is 2.85. The van der Waals surface area contributed by atoms with E-state index in [4.69, 9.17) is 27.6 Å². The Morgan fingerprint density at radius 2 is 1.78 bits per heavy atom. The third kappa shape index (κ3) is 2.25. The van der Waals surface area contributed by atoms with Gasteiger partial charge in [0.2, 0.25) is 0 Å². The van der Waals surface area contributed by atoms with Crippen molar-refractivity contribution < 1.29 is 4.42 Å². The lowest BCUT2D eigenvalue weighted by Gasteiger charge is -2.19. The predicted octanol–water partition coefficient (Wildman–Crippen LogP) is 4.76. The van der Waals surface area contributed by atoms with Crippen LogP contribution in [0.3, 0.4) is 0 Å². The average molecular weight is 286 g/mol. The van der Waals surface area contributed by atoms with Crippen molar-refractivity contribution >= 4 is 34.2 Å². The summed E-state index contributed by atoms with van der Waals surface area (Å²) < 4.78 is 5.90. The van der Waals surface area contributed by atoms with E-state index in [9.17, 15) is 0 Å². The molecule has 98 valence electrons. The zero-order valence-electron chi connectivity index (χ0n) is 11.0. The van der Waals surface area contributed by atoms with E-state index in [-0.39, 0.29) is 5.41 Å². The van der Waals surface area contributed by atoms with Crippen molar-refractivity contribution in [3.63, 3.8) is 0 Å². The molecule has 0 aliphatic rings. The molecular weight excluding hydrogens is 269 g/mol. The van der Waals surface area contributed by atoms with Gasteiger partial charge in [-0.05, 0) is 24.6 Å². The molecule has 18 heavy (non-hydrogen) atoms. The van der Waals surface area contributed by atoms with Gasteiger partial charge in [0.05, 0.1) is 16.6 Å². The van der Waals surface area contributed by atoms with Crippen LogP contribution in [0.15, 0.2) is 16.5 Å². The molecule has 0 saturated heterocycles. The number of hydrogen-bond donors (Lipinski definition) is 1. The van der Waals surface area contributed by atoms with Crippen LogP contribution in [0.5, 0.6) is 0 Å². The van der Waals surface area contributed by atoms with E-state index in [0.29, 0.717) is 22.2 Å². The van der Waals surface area contributed by atoms with Crippen LogP contribution in [-0.4, -0.2) is 7.05 Å². The van der Waals surface area contributed by atoms with E-state index in [2.05, 4.69) is 26.1 Å². The third-order valence-electron chi connectivity index (χ3n) is 2.90. The van der Waals surface area contributed by atoms with Crippen LogP contribution in [0.2, 0.25) is 10.0 Å². The summed E-state index contributed by atoms with van der Waals surface area (Å²) in [4.78, 5) is 0. The van der Waals surface area contributed by atoms with Crippen molar-refractivity contribution in [2.45, 2.75) is 32.7 Å². The minimum Gasteiger partial charge on any atom is -0.458 e. The first-order valence-electron chi connectivity index (χ1n) is 5.90. The standard InChI is InChI=1S/C14H17Cl2NO/c1-14(2,3)12-10(7-17-4)18-13-9(16)6-5-8(15)11(12)13/h5-6,17H,7H2,1-4H3. The first-order valence-corrected chi connectivity index (χ1v) is 6.66. The number of furan rings is 1. The van der Waals surface area contributed by atoms with Crippen LogP contribution in [0.1, 0.15) is 32.1 Å². The van der Waals surface area contributed by atoms with Gasteiger partial charge in [0.15, 0.2) is 5.58 Å². The molecule has 0 unspecified atom stereocenters. The van der Waals surface area contributed by atoms with Gasteiger partial charge in [-0.15, -0.1) is 0 Å². The van der Waals surface area contributed by atoms with Crippen molar-refractivity contribution in [3.8, 4) is 0 Å². The SMILES string of the molecule is CNCc1oc2c(Cl)ccc(Cl)c2c1C(C)(C)C. The van der Waals surface area contributed by atoms with Gasteiger partial charge in [0.1, 0.15) is 5.76 Å². The highest BCUT2D eigenvalue weighted by Crippen LogP contribution is 2.41. The van der Waals surface area contributed by atoms with Crippen LogP contribution >= 0.6 is 23.2 Å². The number of fused-ring (bicyclic) bond motifs is 1. The van der Waals surface area contributed by atoms with Crippen LogP contribution in [0, 0.1) is 0 Å². The van der Waals surface area contributed by atoms with Crippen molar-refractivity contribution in [1.82, 2.24) is 5.32 Å².